The fourth-order valence-corrected chi connectivity index (χ4v) is 3.53. The van der Waals surface area contributed by atoms with E-state index in [0.29, 0.717) is 12.4 Å². The highest BCUT2D eigenvalue weighted by Crippen LogP contribution is 2.36. The Bertz CT molecular complexity index is 996. The van der Waals surface area contributed by atoms with E-state index in [9.17, 15) is 0 Å². The van der Waals surface area contributed by atoms with Gasteiger partial charge in [-0.1, -0.05) is 0 Å². The maximum absolute atomic E-state index is 5.89. The molecule has 7 heteroatoms. The van der Waals surface area contributed by atoms with E-state index in [4.69, 9.17) is 15.7 Å². The normalized spacial score (nSPS) is 12.6. The van der Waals surface area contributed by atoms with Gasteiger partial charge in [0.05, 0.1) is 10.2 Å². The molecule has 4 heterocycles. The molecule has 6 nitrogen and oxygen atoms in total. The first-order valence-corrected chi connectivity index (χ1v) is 8.49. The van der Waals surface area contributed by atoms with Crippen LogP contribution in [0.4, 0.5) is 5.82 Å². The molecule has 1 atom stereocenters. The summed E-state index contributed by atoms with van der Waals surface area (Å²) in [5.41, 5.74) is 7.73. The van der Waals surface area contributed by atoms with E-state index in [1.54, 1.807) is 29.9 Å². The number of nitrogens with two attached hydrogens (primary N) is 1. The first-order valence-electron chi connectivity index (χ1n) is 7.67. The Morgan fingerprint density at radius 2 is 2.00 bits per heavy atom. The molecule has 0 amide bonds. The van der Waals surface area contributed by atoms with Crippen LogP contribution in [0.25, 0.3) is 31.8 Å². The molecule has 4 aromatic rings. The van der Waals surface area contributed by atoms with Gasteiger partial charge in [0.25, 0.3) is 0 Å². The zero-order valence-corrected chi connectivity index (χ0v) is 13.9. The van der Waals surface area contributed by atoms with Crippen LogP contribution < -0.4 is 11.1 Å². The molecule has 0 fully saturated rings. The van der Waals surface area contributed by atoms with Gasteiger partial charge in [-0.25, -0.2) is 15.0 Å². The van der Waals surface area contributed by atoms with Crippen LogP contribution in [0.5, 0.6) is 0 Å². The zero-order chi connectivity index (χ0) is 16.5. The van der Waals surface area contributed by atoms with Gasteiger partial charge in [0.2, 0.25) is 0 Å². The molecule has 0 aliphatic carbocycles. The standard InChI is InChI=1S/C17H16N6S/c1-10(18)9-21-16-14-13(12-3-2-6-20-17(12)24-14)22-15(23-16)11-4-7-19-8-5-11/h2-8,10H,9,18H2,1H3,(H,21,22,23)/t10-/m1/s1. The molecule has 24 heavy (non-hydrogen) atoms. The molecular weight excluding hydrogens is 320 g/mol. The highest BCUT2D eigenvalue weighted by molar-refractivity contribution is 7.25. The summed E-state index contributed by atoms with van der Waals surface area (Å²) in [4.78, 5) is 19.0. The Kier molecular flexibility index (Phi) is 3.79. The third-order valence-electron chi connectivity index (χ3n) is 3.62. The fraction of sp³-hybridized carbons (Fsp3) is 0.176. The number of hydrogen-bond acceptors (Lipinski definition) is 7. The summed E-state index contributed by atoms with van der Waals surface area (Å²) in [7, 11) is 0. The van der Waals surface area contributed by atoms with Crippen molar-refractivity contribution in [3.8, 4) is 11.4 Å². The number of thiophene rings is 1. The van der Waals surface area contributed by atoms with E-state index in [1.807, 2.05) is 31.2 Å². The molecule has 4 rings (SSSR count). The first kappa shape index (κ1) is 14.9. The van der Waals surface area contributed by atoms with Crippen LogP contribution in [0.15, 0.2) is 42.9 Å². The summed E-state index contributed by atoms with van der Waals surface area (Å²) in [6.07, 6.45) is 5.28. The maximum Gasteiger partial charge on any atom is 0.162 e. The average molecular weight is 336 g/mol. The minimum absolute atomic E-state index is 0.0342. The lowest BCUT2D eigenvalue weighted by Crippen LogP contribution is -2.25. The van der Waals surface area contributed by atoms with Crippen molar-refractivity contribution in [2.24, 2.45) is 5.73 Å². The van der Waals surface area contributed by atoms with E-state index in [-0.39, 0.29) is 6.04 Å². The Morgan fingerprint density at radius 3 is 2.79 bits per heavy atom. The molecule has 0 aromatic carbocycles. The molecule has 0 saturated heterocycles. The van der Waals surface area contributed by atoms with Crippen molar-refractivity contribution in [1.82, 2.24) is 19.9 Å². The van der Waals surface area contributed by atoms with Crippen LogP contribution in [0, 0.1) is 0 Å². The molecule has 0 radical (unpaired) electrons. The van der Waals surface area contributed by atoms with Crippen LogP contribution in [0.1, 0.15) is 6.92 Å². The Labute approximate surface area is 142 Å². The van der Waals surface area contributed by atoms with Crippen LogP contribution in [0.2, 0.25) is 0 Å². The van der Waals surface area contributed by atoms with Gasteiger partial charge < -0.3 is 11.1 Å². The van der Waals surface area contributed by atoms with Crippen LogP contribution in [-0.4, -0.2) is 32.5 Å². The number of nitrogens with zero attached hydrogens (tertiary/aromatic N) is 4. The van der Waals surface area contributed by atoms with Gasteiger partial charge in [0.1, 0.15) is 10.6 Å². The molecular formula is C17H16N6S. The smallest absolute Gasteiger partial charge is 0.162 e. The molecule has 0 aliphatic rings. The second-order valence-corrected chi connectivity index (χ2v) is 6.62. The zero-order valence-electron chi connectivity index (χ0n) is 13.1. The highest BCUT2D eigenvalue weighted by atomic mass is 32.1. The van der Waals surface area contributed by atoms with E-state index in [2.05, 4.69) is 15.3 Å². The highest BCUT2D eigenvalue weighted by Gasteiger charge is 2.15. The Hall–Kier alpha value is -2.64. The fourth-order valence-electron chi connectivity index (χ4n) is 2.49. The van der Waals surface area contributed by atoms with Gasteiger partial charge in [-0.3, -0.25) is 4.98 Å². The summed E-state index contributed by atoms with van der Waals surface area (Å²) < 4.78 is 1.00. The van der Waals surface area contributed by atoms with Gasteiger partial charge >= 0.3 is 0 Å². The van der Waals surface area contributed by atoms with E-state index < -0.39 is 0 Å². The minimum Gasteiger partial charge on any atom is -0.367 e. The summed E-state index contributed by atoms with van der Waals surface area (Å²) in [5.74, 6) is 1.47. The lowest BCUT2D eigenvalue weighted by atomic mass is 10.2. The monoisotopic (exact) mass is 336 g/mol. The molecule has 0 spiro atoms. The second-order valence-electron chi connectivity index (χ2n) is 5.63. The number of hydrogen-bond donors (Lipinski definition) is 2. The minimum atomic E-state index is 0.0342. The van der Waals surface area contributed by atoms with Gasteiger partial charge in [0, 0.05) is 42.1 Å². The number of fused-ring (bicyclic) bond motifs is 3. The summed E-state index contributed by atoms with van der Waals surface area (Å²) >= 11 is 1.59. The molecule has 3 N–H and O–H groups in total. The number of aromatic nitrogens is 4. The largest absolute Gasteiger partial charge is 0.367 e. The number of nitrogens with one attached hydrogen (secondary N) is 1. The third kappa shape index (κ3) is 2.68. The lowest BCUT2D eigenvalue weighted by molar-refractivity contribution is 0.778. The second kappa shape index (κ2) is 6.10. The molecule has 0 saturated carbocycles. The van der Waals surface area contributed by atoms with Crippen molar-refractivity contribution in [3.63, 3.8) is 0 Å². The van der Waals surface area contributed by atoms with Crippen LogP contribution >= 0.6 is 11.3 Å². The van der Waals surface area contributed by atoms with Gasteiger partial charge in [-0.15, -0.1) is 11.3 Å². The quantitative estimate of drug-likeness (QED) is 0.595. The summed E-state index contributed by atoms with van der Waals surface area (Å²) in [6, 6.07) is 7.82. The van der Waals surface area contributed by atoms with E-state index in [1.165, 1.54) is 0 Å². The van der Waals surface area contributed by atoms with E-state index in [0.717, 1.165) is 31.8 Å². The Balaban J connectivity index is 1.96. The van der Waals surface area contributed by atoms with Crippen LogP contribution in [-0.2, 0) is 0 Å². The van der Waals surface area contributed by atoms with Gasteiger partial charge in [-0.05, 0) is 31.2 Å². The summed E-state index contributed by atoms with van der Waals surface area (Å²) in [6.45, 7) is 2.60. The molecule has 0 bridgehead atoms. The predicted molar refractivity (Wildman–Crippen MR) is 98.1 cm³/mol. The maximum atomic E-state index is 5.89. The van der Waals surface area contributed by atoms with Crippen molar-refractivity contribution < 1.29 is 0 Å². The Morgan fingerprint density at radius 1 is 1.17 bits per heavy atom. The van der Waals surface area contributed by atoms with Gasteiger partial charge in [0.15, 0.2) is 5.82 Å². The van der Waals surface area contributed by atoms with Crippen molar-refractivity contribution in [2.75, 3.05) is 11.9 Å². The van der Waals surface area contributed by atoms with Gasteiger partial charge in [-0.2, -0.15) is 0 Å². The van der Waals surface area contributed by atoms with Crippen molar-refractivity contribution in [1.29, 1.82) is 0 Å². The third-order valence-corrected chi connectivity index (χ3v) is 4.73. The summed E-state index contributed by atoms with van der Waals surface area (Å²) in [5, 5.41) is 4.39. The molecule has 0 aliphatic heterocycles. The first-order chi connectivity index (χ1) is 11.7. The van der Waals surface area contributed by atoms with E-state index >= 15 is 0 Å². The van der Waals surface area contributed by atoms with Crippen LogP contribution in [0.3, 0.4) is 0 Å². The molecule has 0 unspecified atom stereocenters. The molecule has 4 aromatic heterocycles. The molecule has 120 valence electrons. The number of rotatable bonds is 4. The SMILES string of the molecule is C[C@@H](N)CNc1nc(-c2ccncc2)nc2c1sc1ncccc12. The topological polar surface area (TPSA) is 89.6 Å². The number of anilines is 1. The van der Waals surface area contributed by atoms with Crippen molar-refractivity contribution in [2.45, 2.75) is 13.0 Å². The average Bonchev–Trinajstić information content (AvgIpc) is 2.99. The number of pyridine rings is 2. The van der Waals surface area contributed by atoms with Crippen molar-refractivity contribution in [3.05, 3.63) is 42.9 Å². The lowest BCUT2D eigenvalue weighted by Gasteiger charge is -2.10. The predicted octanol–water partition coefficient (Wildman–Crippen LogP) is 3.06. The van der Waals surface area contributed by atoms with Crippen molar-refractivity contribution >= 4 is 37.6 Å².